The van der Waals surface area contributed by atoms with Crippen LogP contribution in [0, 0.1) is 0 Å². The van der Waals surface area contributed by atoms with Crippen LogP contribution in [0.1, 0.15) is 18.9 Å². The fourth-order valence-corrected chi connectivity index (χ4v) is 1.79. The Balaban J connectivity index is 2.45. The Morgan fingerprint density at radius 1 is 1.00 bits per heavy atom. The fraction of sp³-hybridized carbons (Fsp3) is 0.143. The van der Waals surface area contributed by atoms with Crippen LogP contribution in [0.25, 0.3) is 5.57 Å². The third kappa shape index (κ3) is 1.69. The number of rotatable bonds is 2. The molecule has 1 aliphatic carbocycles. The van der Waals surface area contributed by atoms with Crippen LogP contribution < -0.4 is 0 Å². The van der Waals surface area contributed by atoms with Crippen molar-refractivity contribution in [3.05, 3.63) is 65.8 Å². The molecule has 0 saturated carbocycles. The van der Waals surface area contributed by atoms with Gasteiger partial charge < -0.3 is 0 Å². The Bertz CT molecular complexity index is 377. The molecule has 70 valence electrons. The predicted molar refractivity (Wildman–Crippen MR) is 61.9 cm³/mol. The third-order valence-corrected chi connectivity index (χ3v) is 2.49. The van der Waals surface area contributed by atoms with Crippen molar-refractivity contribution in [2.75, 3.05) is 0 Å². The van der Waals surface area contributed by atoms with Gasteiger partial charge in [-0.05, 0) is 23.1 Å². The van der Waals surface area contributed by atoms with E-state index < -0.39 is 0 Å². The molecule has 0 spiro atoms. The highest BCUT2D eigenvalue weighted by molar-refractivity contribution is 5.74. The molecule has 1 aliphatic rings. The highest BCUT2D eigenvalue weighted by Gasteiger charge is 2.04. The second-order valence-electron chi connectivity index (χ2n) is 3.37. The average Bonchev–Trinajstić information content (AvgIpc) is 2.74. The van der Waals surface area contributed by atoms with Gasteiger partial charge in [0.25, 0.3) is 0 Å². The summed E-state index contributed by atoms with van der Waals surface area (Å²) in [6.07, 6.45) is 9.60. The number of allylic oxidation sites excluding steroid dienone is 6. The van der Waals surface area contributed by atoms with Crippen LogP contribution in [0.5, 0.6) is 0 Å². The molecule has 2 rings (SSSR count). The Kier molecular flexibility index (Phi) is 2.64. The van der Waals surface area contributed by atoms with Crippen LogP contribution in [0.4, 0.5) is 0 Å². The molecule has 0 heterocycles. The van der Waals surface area contributed by atoms with Crippen LogP contribution in [-0.4, -0.2) is 0 Å². The van der Waals surface area contributed by atoms with Gasteiger partial charge in [-0.1, -0.05) is 61.6 Å². The molecule has 1 aromatic carbocycles. The van der Waals surface area contributed by atoms with E-state index in [1.54, 1.807) is 0 Å². The van der Waals surface area contributed by atoms with Crippen molar-refractivity contribution in [3.8, 4) is 0 Å². The zero-order chi connectivity index (χ0) is 9.80. The van der Waals surface area contributed by atoms with Crippen molar-refractivity contribution < 1.29 is 0 Å². The van der Waals surface area contributed by atoms with Gasteiger partial charge in [0.05, 0.1) is 0 Å². The molecule has 0 saturated heterocycles. The van der Waals surface area contributed by atoms with Crippen molar-refractivity contribution >= 4 is 5.57 Å². The Labute approximate surface area is 85.3 Å². The lowest BCUT2D eigenvalue weighted by Gasteiger charge is -2.06. The molecular weight excluding hydrogens is 168 g/mol. The van der Waals surface area contributed by atoms with E-state index in [0.29, 0.717) is 0 Å². The SMILES string of the molecule is CCC(=C1C=CC=C1)c1ccccc1. The predicted octanol–water partition coefficient (Wildman–Crippen LogP) is 3.98. The maximum absolute atomic E-state index is 2.20. The molecule has 0 heteroatoms. The first kappa shape index (κ1) is 9.01. The normalized spacial score (nSPS) is 13.6. The Hall–Kier alpha value is -1.56. The summed E-state index contributed by atoms with van der Waals surface area (Å²) in [4.78, 5) is 0. The van der Waals surface area contributed by atoms with E-state index in [9.17, 15) is 0 Å². The first-order chi connectivity index (χ1) is 6.92. The van der Waals surface area contributed by atoms with Crippen LogP contribution >= 0.6 is 0 Å². The van der Waals surface area contributed by atoms with Crippen molar-refractivity contribution in [3.63, 3.8) is 0 Å². The van der Waals surface area contributed by atoms with Crippen molar-refractivity contribution in [1.82, 2.24) is 0 Å². The quantitative estimate of drug-likeness (QED) is 0.649. The van der Waals surface area contributed by atoms with Gasteiger partial charge in [0, 0.05) is 0 Å². The van der Waals surface area contributed by atoms with E-state index in [4.69, 9.17) is 0 Å². The van der Waals surface area contributed by atoms with Gasteiger partial charge in [-0.3, -0.25) is 0 Å². The average molecular weight is 182 g/mol. The first-order valence-electron chi connectivity index (χ1n) is 5.05. The molecule has 0 amide bonds. The monoisotopic (exact) mass is 182 g/mol. The van der Waals surface area contributed by atoms with Gasteiger partial charge >= 0.3 is 0 Å². The molecule has 0 fully saturated rings. The molecular formula is C14H14. The zero-order valence-electron chi connectivity index (χ0n) is 8.40. The minimum atomic E-state index is 1.08. The van der Waals surface area contributed by atoms with Crippen LogP contribution in [0.2, 0.25) is 0 Å². The zero-order valence-corrected chi connectivity index (χ0v) is 8.40. The fourth-order valence-electron chi connectivity index (χ4n) is 1.79. The Morgan fingerprint density at radius 2 is 1.64 bits per heavy atom. The van der Waals surface area contributed by atoms with E-state index >= 15 is 0 Å². The lowest BCUT2D eigenvalue weighted by atomic mass is 9.98. The van der Waals surface area contributed by atoms with E-state index in [-0.39, 0.29) is 0 Å². The second-order valence-corrected chi connectivity index (χ2v) is 3.37. The molecule has 14 heavy (non-hydrogen) atoms. The summed E-state index contributed by atoms with van der Waals surface area (Å²) in [6, 6.07) is 10.6. The molecule has 0 nitrogen and oxygen atoms in total. The summed E-state index contributed by atoms with van der Waals surface area (Å²) >= 11 is 0. The van der Waals surface area contributed by atoms with Gasteiger partial charge in [-0.2, -0.15) is 0 Å². The van der Waals surface area contributed by atoms with Gasteiger partial charge in [-0.25, -0.2) is 0 Å². The summed E-state index contributed by atoms with van der Waals surface area (Å²) in [5, 5.41) is 0. The molecule has 0 bridgehead atoms. The van der Waals surface area contributed by atoms with E-state index in [0.717, 1.165) is 6.42 Å². The molecule has 0 radical (unpaired) electrons. The van der Waals surface area contributed by atoms with Crippen molar-refractivity contribution in [1.29, 1.82) is 0 Å². The molecule has 0 aliphatic heterocycles. The number of benzene rings is 1. The maximum atomic E-state index is 2.20. The summed E-state index contributed by atoms with van der Waals surface area (Å²) in [7, 11) is 0. The standard InChI is InChI=1S/C14H14/c1-2-14(13-10-6-7-11-13)12-8-4-3-5-9-12/h3-11H,2H2,1H3. The first-order valence-corrected chi connectivity index (χ1v) is 5.05. The summed E-state index contributed by atoms with van der Waals surface area (Å²) < 4.78 is 0. The third-order valence-electron chi connectivity index (χ3n) is 2.49. The Morgan fingerprint density at radius 3 is 2.21 bits per heavy atom. The largest absolute Gasteiger partial charge is 0.0622 e. The summed E-state index contributed by atoms with van der Waals surface area (Å²) in [6.45, 7) is 2.20. The molecule has 0 aromatic heterocycles. The molecule has 0 atom stereocenters. The minimum absolute atomic E-state index is 1.08. The van der Waals surface area contributed by atoms with Gasteiger partial charge in [0.15, 0.2) is 0 Å². The molecule has 0 N–H and O–H groups in total. The van der Waals surface area contributed by atoms with E-state index in [1.165, 1.54) is 16.7 Å². The maximum Gasteiger partial charge on any atom is -0.0219 e. The van der Waals surface area contributed by atoms with E-state index in [2.05, 4.69) is 61.6 Å². The van der Waals surface area contributed by atoms with Crippen LogP contribution in [0.15, 0.2) is 60.2 Å². The summed E-state index contributed by atoms with van der Waals surface area (Å²) in [5.41, 5.74) is 4.11. The lowest BCUT2D eigenvalue weighted by Crippen LogP contribution is -1.85. The van der Waals surface area contributed by atoms with Crippen LogP contribution in [0.3, 0.4) is 0 Å². The smallest absolute Gasteiger partial charge is 0.0219 e. The second kappa shape index (κ2) is 4.10. The molecule has 1 aromatic rings. The highest BCUT2D eigenvalue weighted by atomic mass is 14.1. The van der Waals surface area contributed by atoms with Gasteiger partial charge in [-0.15, -0.1) is 0 Å². The van der Waals surface area contributed by atoms with Crippen molar-refractivity contribution in [2.24, 2.45) is 0 Å². The topological polar surface area (TPSA) is 0 Å². The number of hydrogen-bond acceptors (Lipinski definition) is 0. The van der Waals surface area contributed by atoms with E-state index in [1.807, 2.05) is 0 Å². The molecule has 0 unspecified atom stereocenters. The number of hydrogen-bond donors (Lipinski definition) is 0. The lowest BCUT2D eigenvalue weighted by molar-refractivity contribution is 1.23. The van der Waals surface area contributed by atoms with Crippen LogP contribution in [-0.2, 0) is 0 Å². The highest BCUT2D eigenvalue weighted by Crippen LogP contribution is 2.25. The van der Waals surface area contributed by atoms with Gasteiger partial charge in [0.2, 0.25) is 0 Å². The minimum Gasteiger partial charge on any atom is -0.0622 e. The van der Waals surface area contributed by atoms with Gasteiger partial charge in [0.1, 0.15) is 0 Å². The summed E-state index contributed by atoms with van der Waals surface area (Å²) in [5.74, 6) is 0. The van der Waals surface area contributed by atoms with Crippen molar-refractivity contribution in [2.45, 2.75) is 13.3 Å².